The molecule has 0 aliphatic heterocycles. The molecule has 0 saturated carbocycles. The maximum atomic E-state index is 13.0. The molecule has 1 atom stereocenters. The highest BCUT2D eigenvalue weighted by Gasteiger charge is 2.24. The SMILES string of the molecule is COC(=O)C(C)CN(Cc1ccc(C)cc1)C(=O)c1cccc([N+](=O)[O-])c1. The van der Waals surface area contributed by atoms with E-state index in [4.69, 9.17) is 4.74 Å². The van der Waals surface area contributed by atoms with Crippen molar-refractivity contribution < 1.29 is 19.2 Å². The first-order chi connectivity index (χ1) is 12.8. The average Bonchev–Trinajstić information content (AvgIpc) is 2.67. The van der Waals surface area contributed by atoms with Gasteiger partial charge in [0.25, 0.3) is 11.6 Å². The molecule has 0 radical (unpaired) electrons. The van der Waals surface area contributed by atoms with Gasteiger partial charge >= 0.3 is 5.97 Å². The fraction of sp³-hybridized carbons (Fsp3) is 0.300. The Bertz CT molecular complexity index is 833. The van der Waals surface area contributed by atoms with Gasteiger partial charge in [0.05, 0.1) is 18.0 Å². The van der Waals surface area contributed by atoms with E-state index in [9.17, 15) is 19.7 Å². The van der Waals surface area contributed by atoms with Gasteiger partial charge in [-0.15, -0.1) is 0 Å². The zero-order valence-corrected chi connectivity index (χ0v) is 15.5. The van der Waals surface area contributed by atoms with E-state index in [1.807, 2.05) is 31.2 Å². The second-order valence-corrected chi connectivity index (χ2v) is 6.40. The van der Waals surface area contributed by atoms with Gasteiger partial charge in [-0.2, -0.15) is 0 Å². The minimum absolute atomic E-state index is 0.141. The van der Waals surface area contributed by atoms with E-state index in [2.05, 4.69) is 0 Å². The number of aryl methyl sites for hydroxylation is 1. The first-order valence-electron chi connectivity index (χ1n) is 8.49. The molecule has 7 nitrogen and oxygen atoms in total. The fourth-order valence-electron chi connectivity index (χ4n) is 2.67. The summed E-state index contributed by atoms with van der Waals surface area (Å²) in [6.45, 7) is 4.06. The zero-order valence-electron chi connectivity index (χ0n) is 15.5. The lowest BCUT2D eigenvalue weighted by molar-refractivity contribution is -0.384. The summed E-state index contributed by atoms with van der Waals surface area (Å²) in [5, 5.41) is 11.0. The molecule has 0 aliphatic carbocycles. The van der Waals surface area contributed by atoms with E-state index in [-0.39, 0.29) is 30.2 Å². The van der Waals surface area contributed by atoms with Crippen LogP contribution in [0.3, 0.4) is 0 Å². The van der Waals surface area contributed by atoms with Crippen molar-refractivity contribution >= 4 is 17.6 Å². The summed E-state index contributed by atoms with van der Waals surface area (Å²) in [5.41, 5.74) is 2.04. The molecule has 0 saturated heterocycles. The molecule has 7 heteroatoms. The van der Waals surface area contributed by atoms with E-state index in [1.165, 1.54) is 36.3 Å². The van der Waals surface area contributed by atoms with Crippen LogP contribution >= 0.6 is 0 Å². The molecule has 0 spiro atoms. The summed E-state index contributed by atoms with van der Waals surface area (Å²) in [6, 6.07) is 13.3. The molecule has 0 N–H and O–H groups in total. The molecule has 27 heavy (non-hydrogen) atoms. The number of nitrogens with zero attached hydrogens (tertiary/aromatic N) is 2. The van der Waals surface area contributed by atoms with Crippen LogP contribution in [-0.4, -0.2) is 35.4 Å². The molecule has 0 heterocycles. The van der Waals surface area contributed by atoms with Crippen LogP contribution in [0.15, 0.2) is 48.5 Å². The van der Waals surface area contributed by atoms with E-state index in [1.54, 1.807) is 6.92 Å². The number of non-ortho nitro benzene ring substituents is 1. The summed E-state index contributed by atoms with van der Waals surface area (Å²) in [7, 11) is 1.30. The number of rotatable bonds is 7. The van der Waals surface area contributed by atoms with Crippen molar-refractivity contribution in [1.82, 2.24) is 4.90 Å². The Hall–Kier alpha value is -3.22. The Balaban J connectivity index is 2.30. The van der Waals surface area contributed by atoms with Crippen LogP contribution in [0, 0.1) is 23.0 Å². The maximum absolute atomic E-state index is 13.0. The standard InChI is InChI=1S/C20H22N2O5/c1-14-7-9-16(10-8-14)13-21(12-15(2)20(24)27-3)19(23)17-5-4-6-18(11-17)22(25)26/h4-11,15H,12-13H2,1-3H3. The van der Waals surface area contributed by atoms with Crippen LogP contribution in [-0.2, 0) is 16.1 Å². The largest absolute Gasteiger partial charge is 0.469 e. The van der Waals surface area contributed by atoms with Gasteiger partial charge in [-0.3, -0.25) is 19.7 Å². The van der Waals surface area contributed by atoms with Gasteiger partial charge in [-0.25, -0.2) is 0 Å². The Labute approximate surface area is 157 Å². The van der Waals surface area contributed by atoms with Crippen molar-refractivity contribution in [3.63, 3.8) is 0 Å². The summed E-state index contributed by atoms with van der Waals surface area (Å²) < 4.78 is 4.75. The third-order valence-electron chi connectivity index (χ3n) is 4.18. The Kier molecular flexibility index (Phi) is 6.65. The zero-order chi connectivity index (χ0) is 20.0. The average molecular weight is 370 g/mol. The number of amides is 1. The van der Waals surface area contributed by atoms with Crippen LogP contribution in [0.25, 0.3) is 0 Å². The number of hydrogen-bond donors (Lipinski definition) is 0. The summed E-state index contributed by atoms with van der Waals surface area (Å²) in [6.07, 6.45) is 0. The first kappa shape index (κ1) is 20.1. The predicted octanol–water partition coefficient (Wildman–Crippen LogP) is 3.35. The number of nitro groups is 1. The predicted molar refractivity (Wildman–Crippen MR) is 100 cm³/mol. The van der Waals surface area contributed by atoms with Crippen LogP contribution < -0.4 is 0 Å². The molecular weight excluding hydrogens is 348 g/mol. The highest BCUT2D eigenvalue weighted by molar-refractivity contribution is 5.95. The number of nitro benzene ring substituents is 1. The van der Waals surface area contributed by atoms with Crippen molar-refractivity contribution in [3.8, 4) is 0 Å². The van der Waals surface area contributed by atoms with Crippen molar-refractivity contribution in [1.29, 1.82) is 0 Å². The number of methoxy groups -OCH3 is 1. The maximum Gasteiger partial charge on any atom is 0.310 e. The van der Waals surface area contributed by atoms with Gasteiger partial charge in [0.1, 0.15) is 0 Å². The quantitative estimate of drug-likeness (QED) is 0.423. The van der Waals surface area contributed by atoms with Gasteiger partial charge in [0, 0.05) is 30.8 Å². The molecule has 0 bridgehead atoms. The second kappa shape index (κ2) is 8.93. The molecule has 142 valence electrons. The smallest absolute Gasteiger partial charge is 0.310 e. The molecular formula is C20H22N2O5. The molecule has 0 aliphatic rings. The number of benzene rings is 2. The molecule has 2 aromatic rings. The highest BCUT2D eigenvalue weighted by atomic mass is 16.6. The van der Waals surface area contributed by atoms with Gasteiger partial charge in [-0.05, 0) is 18.6 Å². The van der Waals surface area contributed by atoms with Crippen molar-refractivity contribution in [3.05, 3.63) is 75.3 Å². The molecule has 1 amide bonds. The molecule has 0 fully saturated rings. The normalized spacial score (nSPS) is 11.5. The van der Waals surface area contributed by atoms with E-state index < -0.39 is 16.8 Å². The van der Waals surface area contributed by atoms with Crippen LogP contribution in [0.5, 0.6) is 0 Å². The molecule has 1 unspecified atom stereocenters. The van der Waals surface area contributed by atoms with Crippen molar-refractivity contribution in [2.75, 3.05) is 13.7 Å². The van der Waals surface area contributed by atoms with Crippen molar-refractivity contribution in [2.45, 2.75) is 20.4 Å². The number of hydrogen-bond acceptors (Lipinski definition) is 5. The van der Waals surface area contributed by atoms with E-state index in [0.717, 1.165) is 11.1 Å². The second-order valence-electron chi connectivity index (χ2n) is 6.40. The summed E-state index contributed by atoms with van der Waals surface area (Å²) in [4.78, 5) is 36.7. The molecule has 0 aromatic heterocycles. The monoisotopic (exact) mass is 370 g/mol. The third-order valence-corrected chi connectivity index (χ3v) is 4.18. The number of carbonyl (C=O) groups excluding carboxylic acids is 2. The number of carbonyl (C=O) groups is 2. The van der Waals surface area contributed by atoms with E-state index >= 15 is 0 Å². The van der Waals surface area contributed by atoms with Gasteiger partial charge in [-0.1, -0.05) is 42.8 Å². The Morgan fingerprint density at radius 2 is 1.85 bits per heavy atom. The van der Waals surface area contributed by atoms with Crippen molar-refractivity contribution in [2.24, 2.45) is 5.92 Å². The lowest BCUT2D eigenvalue weighted by atomic mass is 10.1. The van der Waals surface area contributed by atoms with Crippen LogP contribution in [0.4, 0.5) is 5.69 Å². The summed E-state index contributed by atoms with van der Waals surface area (Å²) in [5.74, 6) is -1.33. The fourth-order valence-corrected chi connectivity index (χ4v) is 2.67. The van der Waals surface area contributed by atoms with Gasteiger partial charge in [0.2, 0.25) is 0 Å². The van der Waals surface area contributed by atoms with Gasteiger partial charge < -0.3 is 9.64 Å². The Morgan fingerprint density at radius 1 is 1.19 bits per heavy atom. The minimum atomic E-state index is -0.543. The lowest BCUT2D eigenvalue weighted by Gasteiger charge is -2.25. The number of ether oxygens (including phenoxy) is 1. The molecule has 2 rings (SSSR count). The first-order valence-corrected chi connectivity index (χ1v) is 8.49. The Morgan fingerprint density at radius 3 is 2.44 bits per heavy atom. The lowest BCUT2D eigenvalue weighted by Crippen LogP contribution is -2.36. The highest BCUT2D eigenvalue weighted by Crippen LogP contribution is 2.18. The topological polar surface area (TPSA) is 89.8 Å². The van der Waals surface area contributed by atoms with E-state index in [0.29, 0.717) is 0 Å². The van der Waals surface area contributed by atoms with Crippen LogP contribution in [0.2, 0.25) is 0 Å². The number of esters is 1. The third kappa shape index (κ3) is 5.37. The molecule has 2 aromatic carbocycles. The minimum Gasteiger partial charge on any atom is -0.469 e. The summed E-state index contributed by atoms with van der Waals surface area (Å²) >= 11 is 0. The van der Waals surface area contributed by atoms with Crippen LogP contribution in [0.1, 0.15) is 28.4 Å². The van der Waals surface area contributed by atoms with Gasteiger partial charge in [0.15, 0.2) is 0 Å².